The molecular weight excluding hydrogens is 437 g/mol. The lowest BCUT2D eigenvalue weighted by atomic mass is 10.2. The van der Waals surface area contributed by atoms with Gasteiger partial charge in [-0.25, -0.2) is 0 Å². The molecule has 2 rings (SSSR count). The summed E-state index contributed by atoms with van der Waals surface area (Å²) in [4.78, 5) is 21.8. The predicted octanol–water partition coefficient (Wildman–Crippen LogP) is 4.70. The fourth-order valence-corrected chi connectivity index (χ4v) is 3.06. The van der Waals surface area contributed by atoms with Crippen LogP contribution in [0.3, 0.4) is 0 Å². The molecule has 0 aliphatic rings. The number of nitrogens with one attached hydrogen (secondary N) is 3. The third-order valence-electron chi connectivity index (χ3n) is 3.35. The van der Waals surface area contributed by atoms with Gasteiger partial charge in [0.1, 0.15) is 13.2 Å². The highest BCUT2D eigenvalue weighted by Crippen LogP contribution is 2.36. The summed E-state index contributed by atoms with van der Waals surface area (Å²) >= 11 is 17.7. The molecular formula is C19H19Cl2N3O4S. The molecule has 154 valence electrons. The van der Waals surface area contributed by atoms with Crippen molar-refractivity contribution in [3.63, 3.8) is 0 Å². The Hall–Kier alpha value is -2.55. The third kappa shape index (κ3) is 7.77. The zero-order chi connectivity index (χ0) is 21.4. The second kappa shape index (κ2) is 10.8. The first-order chi connectivity index (χ1) is 13.7. The van der Waals surface area contributed by atoms with Gasteiger partial charge in [0.25, 0.3) is 0 Å². The Labute approximate surface area is 183 Å². The highest BCUT2D eigenvalue weighted by molar-refractivity contribution is 7.80. The average molecular weight is 456 g/mol. The van der Waals surface area contributed by atoms with E-state index >= 15 is 0 Å². The van der Waals surface area contributed by atoms with Crippen LogP contribution in [-0.4, -0.2) is 30.2 Å². The Balaban J connectivity index is 1.94. The Morgan fingerprint density at radius 2 is 1.41 bits per heavy atom. The van der Waals surface area contributed by atoms with Crippen LogP contribution in [0.15, 0.2) is 36.4 Å². The van der Waals surface area contributed by atoms with Crippen molar-refractivity contribution in [2.45, 2.75) is 13.8 Å². The molecule has 2 aromatic carbocycles. The van der Waals surface area contributed by atoms with Gasteiger partial charge in [-0.15, -0.1) is 0 Å². The molecule has 29 heavy (non-hydrogen) atoms. The summed E-state index contributed by atoms with van der Waals surface area (Å²) in [6, 6.07) is 10.3. The maximum absolute atomic E-state index is 11.1. The van der Waals surface area contributed by atoms with Crippen LogP contribution in [-0.2, 0) is 14.3 Å². The van der Waals surface area contributed by atoms with Gasteiger partial charge in [-0.2, -0.15) is 0 Å². The second-order valence-corrected chi connectivity index (χ2v) is 7.02. The number of anilines is 3. The van der Waals surface area contributed by atoms with Crippen LogP contribution in [0, 0.1) is 0 Å². The summed E-state index contributed by atoms with van der Waals surface area (Å²) in [5, 5.41) is 9.58. The van der Waals surface area contributed by atoms with Crippen molar-refractivity contribution in [2.75, 3.05) is 29.2 Å². The minimum absolute atomic E-state index is 0.0940. The van der Waals surface area contributed by atoms with E-state index < -0.39 is 5.97 Å². The van der Waals surface area contributed by atoms with E-state index in [-0.39, 0.29) is 29.2 Å². The highest BCUT2D eigenvalue weighted by Gasteiger charge is 2.11. The fraction of sp³-hybridized carbons (Fsp3) is 0.211. The zero-order valence-electron chi connectivity index (χ0n) is 15.7. The molecule has 0 radical (unpaired) electrons. The van der Waals surface area contributed by atoms with Gasteiger partial charge in [-0.3, -0.25) is 9.59 Å². The quantitative estimate of drug-likeness (QED) is 0.316. The van der Waals surface area contributed by atoms with Crippen LogP contribution in [0.25, 0.3) is 0 Å². The first kappa shape index (κ1) is 22.7. The molecule has 0 spiro atoms. The number of carbonyl (C=O) groups is 2. The van der Waals surface area contributed by atoms with Crippen molar-refractivity contribution in [3.8, 4) is 5.75 Å². The Bertz CT molecular complexity index is 884. The lowest BCUT2D eigenvalue weighted by Gasteiger charge is -2.14. The number of rotatable bonds is 7. The van der Waals surface area contributed by atoms with Crippen molar-refractivity contribution >= 4 is 69.5 Å². The van der Waals surface area contributed by atoms with E-state index in [0.717, 1.165) is 5.69 Å². The SMILES string of the molecule is CC(=O)Nc1ccc(NC(=S)Nc2cc(Cl)c(OCCOC(C)=O)c(Cl)c2)cc1. The number of esters is 1. The molecule has 10 heteroatoms. The molecule has 0 aromatic heterocycles. The van der Waals surface area contributed by atoms with E-state index in [4.69, 9.17) is 44.9 Å². The number of ether oxygens (including phenoxy) is 2. The molecule has 0 bridgehead atoms. The number of hydrogen-bond acceptors (Lipinski definition) is 5. The standard InChI is InChI=1S/C19H19Cl2N3O4S/c1-11(25)22-13-3-5-14(6-4-13)23-19(29)24-15-9-16(20)18(17(21)10-15)28-8-7-27-12(2)26/h3-6,9-10H,7-8H2,1-2H3,(H,22,25)(H2,23,24,29). The second-order valence-electron chi connectivity index (χ2n) is 5.80. The van der Waals surface area contributed by atoms with E-state index in [1.165, 1.54) is 13.8 Å². The maximum atomic E-state index is 11.1. The van der Waals surface area contributed by atoms with Gasteiger partial charge < -0.3 is 25.4 Å². The number of carbonyl (C=O) groups excluding carboxylic acids is 2. The Kier molecular flexibility index (Phi) is 8.50. The van der Waals surface area contributed by atoms with Gasteiger partial charge >= 0.3 is 5.97 Å². The molecule has 7 nitrogen and oxygen atoms in total. The number of halogens is 2. The molecule has 3 N–H and O–H groups in total. The normalized spacial score (nSPS) is 10.1. The number of benzene rings is 2. The number of thiocarbonyl (C=S) groups is 1. The van der Waals surface area contributed by atoms with Gasteiger partial charge in [-0.05, 0) is 48.6 Å². The van der Waals surface area contributed by atoms with Crippen LogP contribution in [0.1, 0.15) is 13.8 Å². The Morgan fingerprint density at radius 3 is 1.93 bits per heavy atom. The molecule has 0 aliphatic carbocycles. The molecule has 2 aromatic rings. The highest BCUT2D eigenvalue weighted by atomic mass is 35.5. The largest absolute Gasteiger partial charge is 0.487 e. The zero-order valence-corrected chi connectivity index (χ0v) is 18.0. The van der Waals surface area contributed by atoms with Crippen LogP contribution in [0.4, 0.5) is 17.1 Å². The number of amides is 1. The van der Waals surface area contributed by atoms with Crippen molar-refractivity contribution in [1.29, 1.82) is 0 Å². The summed E-state index contributed by atoms with van der Waals surface area (Å²) in [5.74, 6) is -0.245. The first-order valence-corrected chi connectivity index (χ1v) is 9.62. The molecule has 0 unspecified atom stereocenters. The lowest BCUT2D eigenvalue weighted by molar-refractivity contribution is -0.141. The van der Waals surface area contributed by atoms with Crippen molar-refractivity contribution in [2.24, 2.45) is 0 Å². The Morgan fingerprint density at radius 1 is 0.897 bits per heavy atom. The van der Waals surface area contributed by atoms with E-state index in [2.05, 4.69) is 16.0 Å². The fourth-order valence-electron chi connectivity index (χ4n) is 2.23. The maximum Gasteiger partial charge on any atom is 0.302 e. The average Bonchev–Trinajstić information content (AvgIpc) is 2.61. The lowest BCUT2D eigenvalue weighted by Crippen LogP contribution is -2.19. The van der Waals surface area contributed by atoms with Gasteiger partial charge in [-0.1, -0.05) is 23.2 Å². The summed E-state index contributed by atoms with van der Waals surface area (Å²) in [7, 11) is 0. The summed E-state index contributed by atoms with van der Waals surface area (Å²) < 4.78 is 10.3. The van der Waals surface area contributed by atoms with E-state index in [1.54, 1.807) is 36.4 Å². The van der Waals surface area contributed by atoms with Gasteiger partial charge in [0.2, 0.25) is 5.91 Å². The molecule has 0 fully saturated rings. The van der Waals surface area contributed by atoms with Crippen LogP contribution in [0.5, 0.6) is 5.75 Å². The molecule has 0 saturated heterocycles. The van der Waals surface area contributed by atoms with Crippen LogP contribution in [0.2, 0.25) is 10.0 Å². The molecule has 0 heterocycles. The van der Waals surface area contributed by atoms with Crippen LogP contribution >= 0.6 is 35.4 Å². The van der Waals surface area contributed by atoms with Crippen molar-refractivity contribution in [1.82, 2.24) is 0 Å². The molecule has 0 saturated carbocycles. The summed E-state index contributed by atoms with van der Waals surface area (Å²) in [6.07, 6.45) is 0. The smallest absolute Gasteiger partial charge is 0.302 e. The van der Waals surface area contributed by atoms with Gasteiger partial charge in [0.05, 0.1) is 10.0 Å². The van der Waals surface area contributed by atoms with Crippen molar-refractivity contribution in [3.05, 3.63) is 46.4 Å². The summed E-state index contributed by atoms with van der Waals surface area (Å²) in [6.45, 7) is 2.98. The molecule has 0 atom stereocenters. The topological polar surface area (TPSA) is 88.7 Å². The summed E-state index contributed by atoms with van der Waals surface area (Å²) in [5.41, 5.74) is 1.99. The van der Waals surface area contributed by atoms with E-state index in [0.29, 0.717) is 22.2 Å². The monoisotopic (exact) mass is 455 g/mol. The minimum Gasteiger partial charge on any atom is -0.487 e. The first-order valence-electron chi connectivity index (χ1n) is 8.45. The van der Waals surface area contributed by atoms with Gasteiger partial charge in [0.15, 0.2) is 10.9 Å². The van der Waals surface area contributed by atoms with Gasteiger partial charge in [0, 0.05) is 30.9 Å². The van der Waals surface area contributed by atoms with Crippen LogP contribution < -0.4 is 20.7 Å². The minimum atomic E-state index is -0.392. The number of hydrogen-bond donors (Lipinski definition) is 3. The predicted molar refractivity (Wildman–Crippen MR) is 119 cm³/mol. The van der Waals surface area contributed by atoms with E-state index in [9.17, 15) is 9.59 Å². The third-order valence-corrected chi connectivity index (χ3v) is 4.12. The van der Waals surface area contributed by atoms with E-state index in [1.807, 2.05) is 0 Å². The van der Waals surface area contributed by atoms with Crippen molar-refractivity contribution < 1.29 is 19.1 Å². The molecule has 1 amide bonds. The molecule has 0 aliphatic heterocycles.